The standard InChI is InChI=1S/C23H34FN3O5S/c1-23(2,3)22(29)32-26-13-10-16(11-14-26)27-12-6-5-7-20(21(27)28)25-19-9-8-17(15-18(19)24)33(4,30)31/h8-9,15-16,20,25H,5-7,10-14H2,1-4H3. The molecule has 2 heterocycles. The second kappa shape index (κ2) is 9.97. The van der Waals surface area contributed by atoms with Crippen molar-refractivity contribution in [3.8, 4) is 0 Å². The third kappa shape index (κ3) is 6.44. The summed E-state index contributed by atoms with van der Waals surface area (Å²) in [4.78, 5) is 32.7. The average Bonchev–Trinajstić information content (AvgIpc) is 2.90. The van der Waals surface area contributed by atoms with Crippen LogP contribution in [-0.4, -0.2) is 68.2 Å². The van der Waals surface area contributed by atoms with Crippen LogP contribution in [0.1, 0.15) is 52.9 Å². The molecule has 2 aliphatic heterocycles. The quantitative estimate of drug-likeness (QED) is 0.688. The number of piperidine rings is 1. The molecule has 2 aliphatic rings. The molecule has 1 unspecified atom stereocenters. The van der Waals surface area contributed by atoms with E-state index in [0.717, 1.165) is 25.2 Å². The van der Waals surface area contributed by atoms with Crippen molar-refractivity contribution in [1.29, 1.82) is 0 Å². The molecule has 1 amide bonds. The summed E-state index contributed by atoms with van der Waals surface area (Å²) in [7, 11) is -3.51. The van der Waals surface area contributed by atoms with Crippen molar-refractivity contribution in [2.45, 2.75) is 69.9 Å². The van der Waals surface area contributed by atoms with E-state index in [-0.39, 0.29) is 28.5 Å². The van der Waals surface area contributed by atoms with Crippen molar-refractivity contribution in [2.24, 2.45) is 5.41 Å². The van der Waals surface area contributed by atoms with Gasteiger partial charge in [-0.3, -0.25) is 4.79 Å². The molecule has 1 aromatic rings. The van der Waals surface area contributed by atoms with Crippen molar-refractivity contribution in [1.82, 2.24) is 9.96 Å². The van der Waals surface area contributed by atoms with Crippen LogP contribution >= 0.6 is 0 Å². The molecule has 3 rings (SSSR count). The highest BCUT2D eigenvalue weighted by atomic mass is 32.2. The van der Waals surface area contributed by atoms with Gasteiger partial charge in [-0.2, -0.15) is 0 Å². The molecule has 2 fully saturated rings. The number of carbonyl (C=O) groups is 2. The molecule has 184 valence electrons. The van der Waals surface area contributed by atoms with Crippen LogP contribution in [0.5, 0.6) is 0 Å². The Balaban J connectivity index is 1.64. The van der Waals surface area contributed by atoms with Gasteiger partial charge < -0.3 is 15.1 Å². The fraction of sp³-hybridized carbons (Fsp3) is 0.652. The minimum absolute atomic E-state index is 0.0296. The molecule has 0 aliphatic carbocycles. The number of hydrogen-bond acceptors (Lipinski definition) is 7. The topological polar surface area (TPSA) is 96.0 Å². The summed E-state index contributed by atoms with van der Waals surface area (Å²) in [6, 6.07) is 3.14. The number of hydroxylamine groups is 2. The van der Waals surface area contributed by atoms with Crippen molar-refractivity contribution < 1.29 is 27.2 Å². The number of amides is 1. The lowest BCUT2D eigenvalue weighted by Gasteiger charge is -2.38. The number of carbonyl (C=O) groups excluding carboxylic acids is 2. The molecule has 8 nitrogen and oxygen atoms in total. The van der Waals surface area contributed by atoms with Crippen LogP contribution in [0.4, 0.5) is 10.1 Å². The van der Waals surface area contributed by atoms with Gasteiger partial charge in [-0.25, -0.2) is 17.6 Å². The molecule has 2 saturated heterocycles. The molecule has 0 saturated carbocycles. The summed E-state index contributed by atoms with van der Waals surface area (Å²) in [5, 5.41) is 4.66. The number of hydrogen-bond donors (Lipinski definition) is 1. The SMILES string of the molecule is CC(C)(C)C(=O)ON1CCC(N2CCCCC(Nc3ccc(S(C)(=O)=O)cc3F)C2=O)CC1. The second-order valence-corrected chi connectivity index (χ2v) is 11.9. The Labute approximate surface area is 195 Å². The first-order valence-corrected chi connectivity index (χ1v) is 13.3. The Morgan fingerprint density at radius 1 is 1.12 bits per heavy atom. The summed E-state index contributed by atoms with van der Waals surface area (Å²) in [6.07, 6.45) is 4.66. The first-order valence-electron chi connectivity index (χ1n) is 11.4. The number of nitrogens with zero attached hydrogens (tertiary/aromatic N) is 2. The third-order valence-electron chi connectivity index (χ3n) is 6.11. The maximum atomic E-state index is 14.5. The van der Waals surface area contributed by atoms with Gasteiger partial charge in [0.25, 0.3) is 0 Å². The van der Waals surface area contributed by atoms with E-state index in [1.807, 2.05) is 25.7 Å². The number of anilines is 1. The lowest BCUT2D eigenvalue weighted by Crippen LogP contribution is -2.51. The van der Waals surface area contributed by atoms with E-state index in [0.29, 0.717) is 38.9 Å². The fourth-order valence-electron chi connectivity index (χ4n) is 4.09. The Morgan fingerprint density at radius 3 is 2.36 bits per heavy atom. The van der Waals surface area contributed by atoms with Gasteiger partial charge in [0.05, 0.1) is 16.0 Å². The number of rotatable bonds is 5. The van der Waals surface area contributed by atoms with Gasteiger partial charge in [-0.15, -0.1) is 5.06 Å². The summed E-state index contributed by atoms with van der Waals surface area (Å²) in [5.74, 6) is -1.06. The zero-order valence-electron chi connectivity index (χ0n) is 19.8. The van der Waals surface area contributed by atoms with Crippen LogP contribution in [0.25, 0.3) is 0 Å². The zero-order chi connectivity index (χ0) is 24.4. The first kappa shape index (κ1) is 25.4. The van der Waals surface area contributed by atoms with Gasteiger partial charge in [-0.1, -0.05) is 0 Å². The van der Waals surface area contributed by atoms with E-state index in [1.54, 1.807) is 5.06 Å². The molecule has 1 atom stereocenters. The molecular formula is C23H34FN3O5S. The monoisotopic (exact) mass is 483 g/mol. The molecule has 10 heteroatoms. The van der Waals surface area contributed by atoms with E-state index in [4.69, 9.17) is 4.84 Å². The van der Waals surface area contributed by atoms with Crippen LogP contribution in [0.3, 0.4) is 0 Å². The van der Waals surface area contributed by atoms with E-state index in [9.17, 15) is 22.4 Å². The van der Waals surface area contributed by atoms with Crippen molar-refractivity contribution in [3.63, 3.8) is 0 Å². The Kier molecular flexibility index (Phi) is 7.68. The van der Waals surface area contributed by atoms with E-state index >= 15 is 0 Å². The molecule has 0 radical (unpaired) electrons. The van der Waals surface area contributed by atoms with Crippen molar-refractivity contribution in [3.05, 3.63) is 24.0 Å². The molecule has 33 heavy (non-hydrogen) atoms. The average molecular weight is 484 g/mol. The largest absolute Gasteiger partial charge is 0.371 e. The minimum Gasteiger partial charge on any atom is -0.371 e. The third-order valence-corrected chi connectivity index (χ3v) is 7.22. The summed E-state index contributed by atoms with van der Waals surface area (Å²) >= 11 is 0. The van der Waals surface area contributed by atoms with E-state index in [1.165, 1.54) is 12.1 Å². The van der Waals surface area contributed by atoms with Crippen LogP contribution in [0.2, 0.25) is 0 Å². The van der Waals surface area contributed by atoms with E-state index in [2.05, 4.69) is 5.32 Å². The lowest BCUT2D eigenvalue weighted by molar-refractivity contribution is -0.206. The highest BCUT2D eigenvalue weighted by Crippen LogP contribution is 2.26. The maximum Gasteiger partial charge on any atom is 0.330 e. The number of likely N-dealkylation sites (tertiary alicyclic amines) is 1. The van der Waals surface area contributed by atoms with Gasteiger partial charge in [-0.05, 0) is 71.1 Å². The Bertz CT molecular complexity index is 984. The highest BCUT2D eigenvalue weighted by Gasteiger charge is 2.35. The lowest BCUT2D eigenvalue weighted by atomic mass is 9.97. The van der Waals surface area contributed by atoms with Gasteiger partial charge >= 0.3 is 5.97 Å². The molecule has 1 aromatic carbocycles. The minimum atomic E-state index is -3.51. The zero-order valence-corrected chi connectivity index (χ0v) is 20.6. The first-order chi connectivity index (χ1) is 15.4. The predicted molar refractivity (Wildman–Crippen MR) is 123 cm³/mol. The second-order valence-electron chi connectivity index (χ2n) is 9.93. The van der Waals surface area contributed by atoms with Gasteiger partial charge in [0.15, 0.2) is 9.84 Å². The highest BCUT2D eigenvalue weighted by molar-refractivity contribution is 7.90. The van der Waals surface area contributed by atoms with Gasteiger partial charge in [0.2, 0.25) is 5.91 Å². The van der Waals surface area contributed by atoms with Gasteiger partial charge in [0, 0.05) is 31.9 Å². The molecule has 0 bridgehead atoms. The molecule has 0 aromatic heterocycles. The molecular weight excluding hydrogens is 449 g/mol. The van der Waals surface area contributed by atoms with Gasteiger partial charge in [0.1, 0.15) is 11.9 Å². The molecule has 1 N–H and O–H groups in total. The summed E-state index contributed by atoms with van der Waals surface area (Å²) in [6.45, 7) is 7.17. The maximum absolute atomic E-state index is 14.5. The summed E-state index contributed by atoms with van der Waals surface area (Å²) < 4.78 is 37.9. The predicted octanol–water partition coefficient (Wildman–Crippen LogP) is 2.99. The molecule has 0 spiro atoms. The van der Waals surface area contributed by atoms with Crippen molar-refractivity contribution in [2.75, 3.05) is 31.2 Å². The van der Waals surface area contributed by atoms with E-state index < -0.39 is 27.1 Å². The number of halogens is 1. The fourth-order valence-corrected chi connectivity index (χ4v) is 4.72. The normalized spacial score (nSPS) is 21.5. The smallest absolute Gasteiger partial charge is 0.330 e. The Morgan fingerprint density at radius 2 is 1.79 bits per heavy atom. The summed E-state index contributed by atoms with van der Waals surface area (Å²) in [5.41, 5.74) is -0.461. The Hall–Kier alpha value is -2.20. The number of nitrogens with one attached hydrogen (secondary N) is 1. The van der Waals surface area contributed by atoms with Crippen LogP contribution < -0.4 is 5.32 Å². The number of benzene rings is 1. The van der Waals surface area contributed by atoms with Crippen LogP contribution in [-0.2, 0) is 24.3 Å². The van der Waals surface area contributed by atoms with Crippen LogP contribution in [0, 0.1) is 11.2 Å². The van der Waals surface area contributed by atoms with Crippen LogP contribution in [0.15, 0.2) is 23.1 Å². The number of sulfone groups is 1. The van der Waals surface area contributed by atoms with Crippen molar-refractivity contribution >= 4 is 27.4 Å².